The van der Waals surface area contributed by atoms with Crippen LogP contribution in [0.1, 0.15) is 40.5 Å². The molecule has 3 aromatic rings. The van der Waals surface area contributed by atoms with Gasteiger partial charge in [0, 0.05) is 101 Å². The lowest BCUT2D eigenvalue weighted by atomic mass is 9.83. The van der Waals surface area contributed by atoms with Crippen molar-refractivity contribution in [1.29, 1.82) is 0 Å². The van der Waals surface area contributed by atoms with Gasteiger partial charge in [-0.1, -0.05) is 23.8 Å². The highest BCUT2D eigenvalue weighted by atomic mass is 16.3. The van der Waals surface area contributed by atoms with Gasteiger partial charge in [-0.2, -0.15) is 0 Å². The van der Waals surface area contributed by atoms with E-state index in [1.54, 1.807) is 12.1 Å². The SMILES string of the molecule is Cc1ccc(N2CCN(Cc3c(O)c(=O)cc(CN4C[C@H]5C[C@@H](C4)c4cccc(=O)n4C5)n3C)CC2)c(C)c1. The Morgan fingerprint density at radius 1 is 0.897 bits per heavy atom. The Bertz CT molecular complexity index is 1500. The van der Waals surface area contributed by atoms with Gasteiger partial charge in [0.1, 0.15) is 0 Å². The number of fused-ring (bicyclic) bond motifs is 4. The van der Waals surface area contributed by atoms with Gasteiger partial charge < -0.3 is 19.1 Å². The first-order valence-corrected chi connectivity index (χ1v) is 14.1. The molecule has 206 valence electrons. The summed E-state index contributed by atoms with van der Waals surface area (Å²) in [4.78, 5) is 32.4. The smallest absolute Gasteiger partial charge is 0.250 e. The number of pyridine rings is 2. The number of piperidine rings is 1. The van der Waals surface area contributed by atoms with Crippen molar-refractivity contribution in [3.63, 3.8) is 0 Å². The summed E-state index contributed by atoms with van der Waals surface area (Å²) in [5.41, 5.74) is 6.39. The molecule has 2 fully saturated rings. The highest BCUT2D eigenvalue weighted by Gasteiger charge is 2.34. The van der Waals surface area contributed by atoms with Crippen LogP contribution in [0.15, 0.2) is 52.1 Å². The number of hydrogen-bond donors (Lipinski definition) is 1. The Labute approximate surface area is 229 Å². The van der Waals surface area contributed by atoms with Crippen molar-refractivity contribution < 1.29 is 5.11 Å². The minimum Gasteiger partial charge on any atom is -0.503 e. The van der Waals surface area contributed by atoms with Crippen molar-refractivity contribution in [2.75, 3.05) is 44.2 Å². The van der Waals surface area contributed by atoms with Gasteiger partial charge in [-0.15, -0.1) is 0 Å². The predicted octanol–water partition coefficient (Wildman–Crippen LogP) is 2.81. The summed E-state index contributed by atoms with van der Waals surface area (Å²) in [6.07, 6.45) is 1.10. The first kappa shape index (κ1) is 25.9. The van der Waals surface area contributed by atoms with Crippen molar-refractivity contribution in [2.24, 2.45) is 13.0 Å². The number of likely N-dealkylation sites (tertiary alicyclic amines) is 1. The first-order chi connectivity index (χ1) is 18.8. The van der Waals surface area contributed by atoms with E-state index >= 15 is 0 Å². The van der Waals surface area contributed by atoms with Gasteiger partial charge in [0.25, 0.3) is 5.56 Å². The van der Waals surface area contributed by atoms with Crippen LogP contribution in [0.4, 0.5) is 5.69 Å². The third-order valence-electron chi connectivity index (χ3n) is 9.02. The van der Waals surface area contributed by atoms with Crippen LogP contribution in [-0.2, 0) is 26.7 Å². The molecule has 8 nitrogen and oxygen atoms in total. The molecule has 6 rings (SSSR count). The molecule has 2 saturated heterocycles. The van der Waals surface area contributed by atoms with Gasteiger partial charge >= 0.3 is 0 Å². The molecule has 0 spiro atoms. The summed E-state index contributed by atoms with van der Waals surface area (Å²) >= 11 is 0. The lowest BCUT2D eigenvalue weighted by molar-refractivity contribution is 0.112. The van der Waals surface area contributed by atoms with E-state index in [-0.39, 0.29) is 16.7 Å². The number of aromatic nitrogens is 2. The van der Waals surface area contributed by atoms with Gasteiger partial charge in [-0.05, 0) is 43.9 Å². The first-order valence-electron chi connectivity index (χ1n) is 14.1. The molecule has 1 N–H and O–H groups in total. The number of hydrogen-bond acceptors (Lipinski definition) is 6. The van der Waals surface area contributed by atoms with Gasteiger partial charge in [-0.25, -0.2) is 0 Å². The number of aryl methyl sites for hydroxylation is 2. The van der Waals surface area contributed by atoms with E-state index in [0.29, 0.717) is 30.6 Å². The van der Waals surface area contributed by atoms with Crippen LogP contribution < -0.4 is 15.9 Å². The Morgan fingerprint density at radius 2 is 1.69 bits per heavy atom. The van der Waals surface area contributed by atoms with Crippen molar-refractivity contribution in [1.82, 2.24) is 18.9 Å². The highest BCUT2D eigenvalue weighted by Crippen LogP contribution is 2.35. The number of anilines is 1. The average Bonchev–Trinajstić information content (AvgIpc) is 2.91. The van der Waals surface area contributed by atoms with E-state index in [9.17, 15) is 14.7 Å². The summed E-state index contributed by atoms with van der Waals surface area (Å²) in [5.74, 6) is 0.619. The molecule has 3 aliphatic heterocycles. The molecule has 0 radical (unpaired) electrons. The predicted molar refractivity (Wildman–Crippen MR) is 154 cm³/mol. The lowest BCUT2D eigenvalue weighted by Crippen LogP contribution is -2.47. The van der Waals surface area contributed by atoms with Crippen LogP contribution in [0.3, 0.4) is 0 Å². The van der Waals surface area contributed by atoms with Gasteiger partial charge in [0.2, 0.25) is 5.43 Å². The standard InChI is InChI=1S/C31H39N5O3/c1-21-7-8-26(22(2)13-21)35-11-9-33(10-12-35)20-28-31(39)29(37)15-25(32(28)3)19-34-16-23-14-24(18-34)27-5-4-6-30(38)36(27)17-23/h4-8,13,15,23-24,39H,9-12,14,16-20H2,1-3H3/t23-,24+/m1/s1. The fourth-order valence-corrected chi connectivity index (χ4v) is 7.00. The maximum atomic E-state index is 12.8. The van der Waals surface area contributed by atoms with Gasteiger partial charge in [-0.3, -0.25) is 19.4 Å². The number of benzene rings is 1. The molecule has 5 heterocycles. The molecule has 0 saturated carbocycles. The molecule has 0 amide bonds. The van der Waals surface area contributed by atoms with E-state index in [1.807, 2.05) is 22.2 Å². The number of rotatable bonds is 5. The van der Waals surface area contributed by atoms with E-state index in [1.165, 1.54) is 16.8 Å². The minimum absolute atomic E-state index is 0.0936. The maximum absolute atomic E-state index is 12.8. The van der Waals surface area contributed by atoms with E-state index in [4.69, 9.17) is 0 Å². The fraction of sp³-hybridized carbons (Fsp3) is 0.484. The molecule has 39 heavy (non-hydrogen) atoms. The Balaban J connectivity index is 1.16. The zero-order chi connectivity index (χ0) is 27.3. The van der Waals surface area contributed by atoms with Crippen LogP contribution in [-0.4, -0.2) is 63.3 Å². The highest BCUT2D eigenvalue weighted by molar-refractivity contribution is 5.54. The second kappa shape index (κ2) is 10.3. The summed E-state index contributed by atoms with van der Waals surface area (Å²) in [6, 6.07) is 13.8. The summed E-state index contributed by atoms with van der Waals surface area (Å²) < 4.78 is 3.97. The second-order valence-corrected chi connectivity index (χ2v) is 11.8. The fourth-order valence-electron chi connectivity index (χ4n) is 7.00. The Morgan fingerprint density at radius 3 is 2.46 bits per heavy atom. The summed E-state index contributed by atoms with van der Waals surface area (Å²) in [5, 5.41) is 10.8. The molecule has 1 aromatic carbocycles. The summed E-state index contributed by atoms with van der Waals surface area (Å²) in [7, 11) is 1.97. The number of aromatic hydroxyl groups is 1. The van der Waals surface area contributed by atoms with Gasteiger partial charge in [0.05, 0.1) is 5.69 Å². The van der Waals surface area contributed by atoms with Crippen LogP contribution in [0.2, 0.25) is 0 Å². The van der Waals surface area contributed by atoms with Crippen LogP contribution >= 0.6 is 0 Å². The average molecular weight is 530 g/mol. The van der Waals surface area contributed by atoms with E-state index in [2.05, 4.69) is 52.8 Å². The molecule has 3 aliphatic rings. The zero-order valence-electron chi connectivity index (χ0n) is 23.3. The molecule has 2 bridgehead atoms. The summed E-state index contributed by atoms with van der Waals surface area (Å²) in [6.45, 7) is 11.6. The van der Waals surface area contributed by atoms with Crippen LogP contribution in [0, 0.1) is 19.8 Å². The van der Waals surface area contributed by atoms with Gasteiger partial charge in [0.15, 0.2) is 5.75 Å². The quantitative estimate of drug-likeness (QED) is 0.548. The van der Waals surface area contributed by atoms with Crippen LogP contribution in [0.25, 0.3) is 0 Å². The molecule has 2 atom stereocenters. The monoisotopic (exact) mass is 529 g/mol. The Kier molecular flexibility index (Phi) is 6.85. The number of piperazine rings is 1. The lowest BCUT2D eigenvalue weighted by Gasteiger charge is -2.43. The van der Waals surface area contributed by atoms with Crippen LogP contribution in [0.5, 0.6) is 5.75 Å². The molecular formula is C31H39N5O3. The second-order valence-electron chi connectivity index (χ2n) is 11.8. The largest absolute Gasteiger partial charge is 0.503 e. The molecule has 8 heteroatoms. The van der Waals surface area contributed by atoms with Crippen molar-refractivity contribution >= 4 is 5.69 Å². The van der Waals surface area contributed by atoms with E-state index in [0.717, 1.165) is 63.6 Å². The third kappa shape index (κ3) is 5.03. The normalized spacial score (nSPS) is 21.7. The molecule has 0 aliphatic carbocycles. The van der Waals surface area contributed by atoms with Crippen molar-refractivity contribution in [3.05, 3.63) is 91.3 Å². The number of nitrogens with zero attached hydrogens (tertiary/aromatic N) is 5. The molecule has 0 unspecified atom stereocenters. The van der Waals surface area contributed by atoms with Crippen molar-refractivity contribution in [3.8, 4) is 5.75 Å². The topological polar surface area (TPSA) is 74.0 Å². The zero-order valence-corrected chi connectivity index (χ0v) is 23.3. The third-order valence-corrected chi connectivity index (χ3v) is 9.02. The molecular weight excluding hydrogens is 490 g/mol. The molecule has 2 aromatic heterocycles. The minimum atomic E-state index is -0.305. The van der Waals surface area contributed by atoms with E-state index < -0.39 is 0 Å². The maximum Gasteiger partial charge on any atom is 0.250 e. The Hall–Kier alpha value is -3.36. The van der Waals surface area contributed by atoms with Crippen molar-refractivity contribution in [2.45, 2.75) is 45.8 Å².